The molecule has 0 aromatic carbocycles. The van der Waals surface area contributed by atoms with Crippen LogP contribution in [0.4, 0.5) is 0 Å². The van der Waals surface area contributed by atoms with Gasteiger partial charge in [-0.05, 0) is 18.6 Å². The van der Waals surface area contributed by atoms with E-state index in [0.717, 1.165) is 10.8 Å². The third-order valence-electron chi connectivity index (χ3n) is 2.44. The molecule has 1 fully saturated rings. The van der Waals surface area contributed by atoms with E-state index in [4.69, 9.17) is 17.3 Å². The molecule has 1 heterocycles. The van der Waals surface area contributed by atoms with E-state index in [2.05, 4.69) is 13.0 Å². The van der Waals surface area contributed by atoms with Crippen molar-refractivity contribution >= 4 is 22.9 Å². The molecular weight excluding hydrogens is 178 g/mol. The highest BCUT2D eigenvalue weighted by Crippen LogP contribution is 2.49. The molecule has 0 aliphatic heterocycles. The summed E-state index contributed by atoms with van der Waals surface area (Å²) in [5, 5.41) is 0. The molecule has 0 bridgehead atoms. The molecule has 0 amide bonds. The van der Waals surface area contributed by atoms with Gasteiger partial charge in [0.1, 0.15) is 0 Å². The van der Waals surface area contributed by atoms with Crippen molar-refractivity contribution in [3.63, 3.8) is 0 Å². The maximum atomic E-state index is 5.82. The second kappa shape index (κ2) is 2.22. The Morgan fingerprint density at radius 3 is 2.73 bits per heavy atom. The molecule has 60 valence electrons. The van der Waals surface area contributed by atoms with E-state index < -0.39 is 0 Å². The summed E-state index contributed by atoms with van der Waals surface area (Å²) in [4.78, 5) is 1.33. The lowest BCUT2D eigenvalue weighted by molar-refractivity contribution is 0.758. The van der Waals surface area contributed by atoms with Gasteiger partial charge in [0, 0.05) is 16.3 Å². The number of hydrogen-bond donors (Lipinski definition) is 1. The van der Waals surface area contributed by atoms with Crippen LogP contribution < -0.4 is 5.73 Å². The molecule has 1 aliphatic carbocycles. The van der Waals surface area contributed by atoms with Crippen LogP contribution in [0.25, 0.3) is 0 Å². The van der Waals surface area contributed by atoms with Crippen molar-refractivity contribution in [2.75, 3.05) is 0 Å². The Labute approximate surface area is 75.2 Å². The molecule has 3 heteroatoms. The third kappa shape index (κ3) is 1.10. The summed E-state index contributed by atoms with van der Waals surface area (Å²) < 4.78 is 0.861. The van der Waals surface area contributed by atoms with Crippen LogP contribution in [0.1, 0.15) is 18.2 Å². The second-order valence-electron chi connectivity index (χ2n) is 3.33. The Morgan fingerprint density at radius 2 is 2.36 bits per heavy atom. The minimum Gasteiger partial charge on any atom is -0.327 e. The highest BCUT2D eigenvalue weighted by Gasteiger charge is 2.49. The number of thiophene rings is 1. The number of halogens is 1. The summed E-state index contributed by atoms with van der Waals surface area (Å²) in [5.74, 6) is 0. The highest BCUT2D eigenvalue weighted by atomic mass is 35.5. The van der Waals surface area contributed by atoms with E-state index in [1.54, 1.807) is 11.3 Å². The third-order valence-corrected chi connectivity index (χ3v) is 3.95. The van der Waals surface area contributed by atoms with E-state index in [-0.39, 0.29) is 5.41 Å². The quantitative estimate of drug-likeness (QED) is 0.718. The maximum absolute atomic E-state index is 5.82. The summed E-state index contributed by atoms with van der Waals surface area (Å²) in [6.45, 7) is 2.19. The number of rotatable bonds is 1. The van der Waals surface area contributed by atoms with Crippen molar-refractivity contribution in [2.24, 2.45) is 5.73 Å². The minimum absolute atomic E-state index is 0.234. The van der Waals surface area contributed by atoms with Crippen molar-refractivity contribution in [3.05, 3.63) is 21.3 Å². The van der Waals surface area contributed by atoms with Crippen LogP contribution in [-0.4, -0.2) is 6.04 Å². The van der Waals surface area contributed by atoms with Gasteiger partial charge >= 0.3 is 0 Å². The molecule has 2 N–H and O–H groups in total. The molecule has 1 saturated carbocycles. The summed E-state index contributed by atoms with van der Waals surface area (Å²) in [5.41, 5.74) is 6.04. The van der Waals surface area contributed by atoms with E-state index in [0.29, 0.717) is 6.04 Å². The fourth-order valence-corrected chi connectivity index (χ4v) is 2.56. The average Bonchev–Trinajstić information content (AvgIpc) is 2.44. The topological polar surface area (TPSA) is 26.0 Å². The SMILES string of the molecule is CC1(c2ccc(Cl)s2)CC1N. The van der Waals surface area contributed by atoms with Crippen LogP contribution in [0.5, 0.6) is 0 Å². The zero-order chi connectivity index (χ0) is 8.06. The molecule has 0 spiro atoms. The summed E-state index contributed by atoms with van der Waals surface area (Å²) in [6, 6.07) is 4.37. The van der Waals surface area contributed by atoms with Gasteiger partial charge in [0.2, 0.25) is 0 Å². The molecule has 0 radical (unpaired) electrons. The van der Waals surface area contributed by atoms with Crippen molar-refractivity contribution in [1.82, 2.24) is 0 Å². The average molecular weight is 188 g/mol. The minimum atomic E-state index is 0.234. The van der Waals surface area contributed by atoms with Crippen LogP contribution >= 0.6 is 22.9 Å². The standard InChI is InChI=1S/C8H10ClNS/c1-8(4-5(8)10)6-2-3-7(9)11-6/h2-3,5H,4,10H2,1H3. The lowest BCUT2D eigenvalue weighted by Gasteiger charge is -2.04. The van der Waals surface area contributed by atoms with Crippen LogP contribution in [0, 0.1) is 0 Å². The molecule has 0 saturated heterocycles. The van der Waals surface area contributed by atoms with Gasteiger partial charge in [0.15, 0.2) is 0 Å². The lowest BCUT2D eigenvalue weighted by atomic mass is 10.1. The van der Waals surface area contributed by atoms with E-state index in [1.807, 2.05) is 6.07 Å². The summed E-state index contributed by atoms with van der Waals surface area (Å²) in [7, 11) is 0. The molecule has 11 heavy (non-hydrogen) atoms. The van der Waals surface area contributed by atoms with Gasteiger partial charge in [-0.25, -0.2) is 0 Å². The number of nitrogens with two attached hydrogens (primary N) is 1. The van der Waals surface area contributed by atoms with Gasteiger partial charge in [-0.3, -0.25) is 0 Å². The van der Waals surface area contributed by atoms with Crippen molar-refractivity contribution in [2.45, 2.75) is 24.8 Å². The largest absolute Gasteiger partial charge is 0.327 e. The number of hydrogen-bond acceptors (Lipinski definition) is 2. The first-order valence-corrected chi connectivity index (χ1v) is 4.84. The fourth-order valence-electron chi connectivity index (χ4n) is 1.30. The van der Waals surface area contributed by atoms with E-state index in [9.17, 15) is 0 Å². The zero-order valence-corrected chi connectivity index (χ0v) is 7.88. The van der Waals surface area contributed by atoms with Crippen LogP contribution in [-0.2, 0) is 5.41 Å². The van der Waals surface area contributed by atoms with Crippen molar-refractivity contribution < 1.29 is 0 Å². The maximum Gasteiger partial charge on any atom is 0.0931 e. The summed E-state index contributed by atoms with van der Waals surface area (Å²) in [6.07, 6.45) is 1.10. The van der Waals surface area contributed by atoms with E-state index >= 15 is 0 Å². The van der Waals surface area contributed by atoms with Gasteiger partial charge in [0.25, 0.3) is 0 Å². The first-order chi connectivity index (χ1) is 5.13. The first-order valence-electron chi connectivity index (χ1n) is 3.64. The normalized spacial score (nSPS) is 35.7. The molecule has 2 atom stereocenters. The molecule has 2 rings (SSSR count). The molecule has 2 unspecified atom stereocenters. The van der Waals surface area contributed by atoms with Crippen LogP contribution in [0.2, 0.25) is 4.34 Å². The summed E-state index contributed by atoms with van der Waals surface area (Å²) >= 11 is 7.47. The Balaban J connectivity index is 2.31. The van der Waals surface area contributed by atoms with Gasteiger partial charge in [-0.15, -0.1) is 11.3 Å². The predicted molar refractivity (Wildman–Crippen MR) is 49.3 cm³/mol. The molecule has 1 aromatic heterocycles. The highest BCUT2D eigenvalue weighted by molar-refractivity contribution is 7.16. The van der Waals surface area contributed by atoms with Crippen molar-refractivity contribution in [1.29, 1.82) is 0 Å². The van der Waals surface area contributed by atoms with Gasteiger partial charge in [0.05, 0.1) is 4.34 Å². The monoisotopic (exact) mass is 187 g/mol. The van der Waals surface area contributed by atoms with E-state index in [1.165, 1.54) is 4.88 Å². The van der Waals surface area contributed by atoms with Crippen LogP contribution in [0.15, 0.2) is 12.1 Å². The Hall–Kier alpha value is -0.0500. The second-order valence-corrected chi connectivity index (χ2v) is 5.05. The molecule has 1 nitrogen and oxygen atoms in total. The Bertz CT molecular complexity index is 283. The molecular formula is C8H10ClNS. The first kappa shape index (κ1) is 7.59. The lowest BCUT2D eigenvalue weighted by Crippen LogP contribution is -2.12. The predicted octanol–water partition coefficient (Wildman–Crippen LogP) is 2.39. The molecule has 1 aromatic rings. The molecule has 1 aliphatic rings. The Kier molecular flexibility index (Phi) is 1.53. The van der Waals surface area contributed by atoms with Gasteiger partial charge in [-0.2, -0.15) is 0 Å². The fraction of sp³-hybridized carbons (Fsp3) is 0.500. The van der Waals surface area contributed by atoms with Gasteiger partial charge < -0.3 is 5.73 Å². The smallest absolute Gasteiger partial charge is 0.0931 e. The van der Waals surface area contributed by atoms with Gasteiger partial charge in [-0.1, -0.05) is 18.5 Å². The zero-order valence-electron chi connectivity index (χ0n) is 6.30. The van der Waals surface area contributed by atoms with Crippen LogP contribution in [0.3, 0.4) is 0 Å². The van der Waals surface area contributed by atoms with Crippen molar-refractivity contribution in [3.8, 4) is 0 Å². The Morgan fingerprint density at radius 1 is 1.73 bits per heavy atom.